The third-order valence-corrected chi connectivity index (χ3v) is 7.70. The first kappa shape index (κ1) is 21.8. The van der Waals surface area contributed by atoms with E-state index in [9.17, 15) is 18.5 Å². The average Bonchev–Trinajstić information content (AvgIpc) is 3.26. The van der Waals surface area contributed by atoms with Crippen LogP contribution in [0.4, 0.5) is 5.69 Å². The number of ether oxygens (including phenoxy) is 2. The van der Waals surface area contributed by atoms with Crippen LogP contribution in [0.3, 0.4) is 0 Å². The van der Waals surface area contributed by atoms with Crippen molar-refractivity contribution in [2.45, 2.75) is 24.4 Å². The van der Waals surface area contributed by atoms with Crippen LogP contribution in [-0.2, 0) is 16.6 Å². The molecule has 1 aliphatic rings. The van der Waals surface area contributed by atoms with Crippen molar-refractivity contribution in [3.8, 4) is 11.5 Å². The normalized spacial score (nSPS) is 16.4. The zero-order chi connectivity index (χ0) is 23.0. The van der Waals surface area contributed by atoms with Crippen LogP contribution < -0.4 is 9.47 Å². The summed E-state index contributed by atoms with van der Waals surface area (Å²) in [6, 6.07) is 12.2. The first-order valence-corrected chi connectivity index (χ1v) is 11.4. The number of aryl methyl sites for hydroxylation is 1. The molecule has 0 bridgehead atoms. The highest BCUT2D eigenvalue weighted by atomic mass is 32.2. The van der Waals surface area contributed by atoms with E-state index in [0.29, 0.717) is 29.2 Å². The van der Waals surface area contributed by atoms with E-state index in [0.717, 1.165) is 11.8 Å². The molecule has 0 aliphatic carbocycles. The minimum absolute atomic E-state index is 0.0847. The summed E-state index contributed by atoms with van der Waals surface area (Å²) in [5.74, 6) is 1.08. The number of aromatic nitrogens is 1. The van der Waals surface area contributed by atoms with Gasteiger partial charge in [0.25, 0.3) is 5.69 Å². The van der Waals surface area contributed by atoms with Gasteiger partial charge in [-0.3, -0.25) is 10.1 Å². The number of fused-ring (bicyclic) bond motifs is 1. The van der Waals surface area contributed by atoms with E-state index >= 15 is 0 Å². The van der Waals surface area contributed by atoms with Crippen molar-refractivity contribution < 1.29 is 22.8 Å². The van der Waals surface area contributed by atoms with E-state index in [4.69, 9.17) is 9.47 Å². The van der Waals surface area contributed by atoms with Crippen molar-refractivity contribution in [2.75, 3.05) is 20.8 Å². The Hall–Kier alpha value is -3.37. The van der Waals surface area contributed by atoms with Crippen molar-refractivity contribution in [2.24, 2.45) is 0 Å². The predicted molar refractivity (Wildman–Crippen MR) is 118 cm³/mol. The fourth-order valence-electron chi connectivity index (χ4n) is 4.10. The van der Waals surface area contributed by atoms with E-state index in [-0.39, 0.29) is 17.1 Å². The van der Waals surface area contributed by atoms with Gasteiger partial charge in [-0.2, -0.15) is 4.31 Å². The summed E-state index contributed by atoms with van der Waals surface area (Å²) in [6.45, 7) is 2.28. The Labute approximate surface area is 186 Å². The molecule has 0 spiro atoms. The molecule has 0 fully saturated rings. The lowest BCUT2D eigenvalue weighted by molar-refractivity contribution is -0.385. The maximum Gasteiger partial charge on any atom is 0.270 e. The molecule has 1 unspecified atom stereocenters. The molecule has 0 radical (unpaired) electrons. The SMILES string of the molecule is COc1ccc(OC)c(C2c3cccn3CCN2S(=O)(=O)c2cc([N+](=O)[O-])ccc2C)c1. The zero-order valence-corrected chi connectivity index (χ0v) is 18.7. The minimum Gasteiger partial charge on any atom is -0.497 e. The Morgan fingerprint density at radius 2 is 1.84 bits per heavy atom. The number of hydrogen-bond donors (Lipinski definition) is 0. The van der Waals surface area contributed by atoms with Gasteiger partial charge in [-0.25, -0.2) is 8.42 Å². The summed E-state index contributed by atoms with van der Waals surface area (Å²) in [4.78, 5) is 10.6. The second-order valence-electron chi connectivity index (χ2n) is 7.46. The molecular formula is C22H23N3O6S. The van der Waals surface area contributed by atoms with Crippen LogP contribution in [0.15, 0.2) is 59.6 Å². The second kappa shape index (κ2) is 8.29. The van der Waals surface area contributed by atoms with Crippen LogP contribution >= 0.6 is 0 Å². The average molecular weight is 458 g/mol. The minimum atomic E-state index is -4.09. The first-order valence-electron chi connectivity index (χ1n) is 9.91. The molecular weight excluding hydrogens is 434 g/mol. The van der Waals surface area contributed by atoms with E-state index in [2.05, 4.69) is 0 Å². The molecule has 0 saturated heterocycles. The maximum atomic E-state index is 13.9. The molecule has 3 aromatic rings. The number of non-ortho nitro benzene ring substituents is 1. The van der Waals surface area contributed by atoms with Crippen molar-refractivity contribution >= 4 is 15.7 Å². The fraction of sp³-hybridized carbons (Fsp3) is 0.273. The van der Waals surface area contributed by atoms with Gasteiger partial charge in [0.15, 0.2) is 0 Å². The first-order chi connectivity index (χ1) is 15.3. The van der Waals surface area contributed by atoms with Gasteiger partial charge in [0, 0.05) is 42.7 Å². The highest BCUT2D eigenvalue weighted by Gasteiger charge is 2.40. The van der Waals surface area contributed by atoms with Gasteiger partial charge in [-0.15, -0.1) is 0 Å². The van der Waals surface area contributed by atoms with Crippen molar-refractivity contribution in [1.29, 1.82) is 0 Å². The van der Waals surface area contributed by atoms with Gasteiger partial charge in [0.1, 0.15) is 11.5 Å². The molecule has 0 N–H and O–H groups in total. The number of benzene rings is 2. The van der Waals surface area contributed by atoms with Crippen molar-refractivity contribution in [3.63, 3.8) is 0 Å². The van der Waals surface area contributed by atoms with Crippen LogP contribution in [0, 0.1) is 17.0 Å². The Balaban J connectivity index is 1.93. The number of rotatable bonds is 6. The highest BCUT2D eigenvalue weighted by Crippen LogP contribution is 2.42. The molecule has 2 aromatic carbocycles. The van der Waals surface area contributed by atoms with Gasteiger partial charge in [0.05, 0.1) is 30.1 Å². The van der Waals surface area contributed by atoms with Gasteiger partial charge in [-0.1, -0.05) is 6.07 Å². The van der Waals surface area contributed by atoms with Gasteiger partial charge < -0.3 is 14.0 Å². The monoisotopic (exact) mass is 457 g/mol. The molecule has 10 heteroatoms. The lowest BCUT2D eigenvalue weighted by atomic mass is 10.0. The maximum absolute atomic E-state index is 13.9. The van der Waals surface area contributed by atoms with E-state index < -0.39 is 21.0 Å². The van der Waals surface area contributed by atoms with Crippen LogP contribution in [0.25, 0.3) is 0 Å². The van der Waals surface area contributed by atoms with Gasteiger partial charge >= 0.3 is 0 Å². The fourth-order valence-corrected chi connectivity index (χ4v) is 5.91. The molecule has 1 aliphatic heterocycles. The van der Waals surface area contributed by atoms with Crippen molar-refractivity contribution in [1.82, 2.24) is 8.87 Å². The third-order valence-electron chi connectivity index (χ3n) is 5.69. The number of sulfonamides is 1. The van der Waals surface area contributed by atoms with Gasteiger partial charge in [-0.05, 0) is 42.8 Å². The van der Waals surface area contributed by atoms with Crippen LogP contribution in [-0.4, -0.2) is 43.0 Å². The second-order valence-corrected chi connectivity index (χ2v) is 9.32. The Bertz CT molecular complexity index is 1280. The van der Waals surface area contributed by atoms with E-state index in [1.165, 1.54) is 30.7 Å². The zero-order valence-electron chi connectivity index (χ0n) is 17.9. The Morgan fingerprint density at radius 1 is 1.06 bits per heavy atom. The Morgan fingerprint density at radius 3 is 2.53 bits per heavy atom. The van der Waals surface area contributed by atoms with Crippen LogP contribution in [0.5, 0.6) is 11.5 Å². The molecule has 1 aromatic heterocycles. The smallest absolute Gasteiger partial charge is 0.270 e. The molecule has 2 heterocycles. The van der Waals surface area contributed by atoms with Crippen LogP contribution in [0.2, 0.25) is 0 Å². The molecule has 0 saturated carbocycles. The number of nitro groups is 1. The summed E-state index contributed by atoms with van der Waals surface area (Å²) in [5.41, 5.74) is 1.56. The lowest BCUT2D eigenvalue weighted by Gasteiger charge is -2.37. The van der Waals surface area contributed by atoms with E-state index in [1.807, 2.05) is 22.9 Å². The quantitative estimate of drug-likeness (QED) is 0.414. The summed E-state index contributed by atoms with van der Waals surface area (Å²) in [5, 5.41) is 11.3. The molecule has 1 atom stereocenters. The highest BCUT2D eigenvalue weighted by molar-refractivity contribution is 7.89. The number of methoxy groups -OCH3 is 2. The lowest BCUT2D eigenvalue weighted by Crippen LogP contribution is -2.42. The standard InChI is InChI=1S/C22H23N3O6S/c1-15-6-7-16(25(26)27)13-21(15)32(28,29)24-12-11-23-10-4-5-19(23)22(24)18-14-17(30-2)8-9-20(18)31-3/h4-10,13-14,22H,11-12H2,1-3H3. The van der Waals surface area contributed by atoms with Crippen LogP contribution in [0.1, 0.15) is 22.9 Å². The largest absolute Gasteiger partial charge is 0.497 e. The van der Waals surface area contributed by atoms with E-state index in [1.54, 1.807) is 25.1 Å². The van der Waals surface area contributed by atoms with Crippen molar-refractivity contribution in [3.05, 3.63) is 81.7 Å². The molecule has 4 rings (SSSR count). The number of nitrogens with zero attached hydrogens (tertiary/aromatic N) is 3. The number of hydrogen-bond acceptors (Lipinski definition) is 6. The number of nitro benzene ring substituents is 1. The Kier molecular flexibility index (Phi) is 5.66. The third kappa shape index (κ3) is 3.61. The predicted octanol–water partition coefficient (Wildman–Crippen LogP) is 3.52. The summed E-state index contributed by atoms with van der Waals surface area (Å²) in [7, 11) is -1.03. The summed E-state index contributed by atoms with van der Waals surface area (Å²) >= 11 is 0. The molecule has 0 amide bonds. The van der Waals surface area contributed by atoms with Gasteiger partial charge in [0.2, 0.25) is 10.0 Å². The summed E-state index contributed by atoms with van der Waals surface area (Å²) < 4.78 is 42.1. The molecule has 168 valence electrons. The topological polar surface area (TPSA) is 104 Å². The molecule has 32 heavy (non-hydrogen) atoms. The molecule has 9 nitrogen and oxygen atoms in total. The summed E-state index contributed by atoms with van der Waals surface area (Å²) in [6.07, 6.45) is 1.90.